The molecule has 0 spiro atoms. The lowest BCUT2D eigenvalue weighted by Crippen LogP contribution is -2.24. The van der Waals surface area contributed by atoms with Crippen molar-refractivity contribution >= 4 is 11.9 Å². The van der Waals surface area contributed by atoms with Gasteiger partial charge in [0.25, 0.3) is 0 Å². The first-order valence-corrected chi connectivity index (χ1v) is 9.43. The Morgan fingerprint density at radius 3 is 2.15 bits per heavy atom. The lowest BCUT2D eigenvalue weighted by molar-refractivity contribution is -0.138. The Labute approximate surface area is 156 Å². The Hall–Kier alpha value is -2.04. The summed E-state index contributed by atoms with van der Waals surface area (Å²) in [6, 6.07) is 5.08. The van der Waals surface area contributed by atoms with Crippen LogP contribution in [0.3, 0.4) is 0 Å². The number of nitrogens with two attached hydrogens (primary N) is 1. The fourth-order valence-corrected chi connectivity index (χ4v) is 3.31. The third-order valence-corrected chi connectivity index (χ3v) is 4.94. The number of phenolic OH excluding ortho intramolecular Hbond substituents is 1. The number of aliphatic carboxylic acids is 1. The molecule has 5 nitrogen and oxygen atoms in total. The summed E-state index contributed by atoms with van der Waals surface area (Å²) in [5.74, 6) is -1.01. The van der Waals surface area contributed by atoms with Crippen LogP contribution in [-0.2, 0) is 15.0 Å². The largest absolute Gasteiger partial charge is 0.508 e. The Morgan fingerprint density at radius 1 is 1.19 bits per heavy atom. The van der Waals surface area contributed by atoms with E-state index in [-0.39, 0.29) is 23.0 Å². The number of carbonyl (C=O) groups is 2. The minimum Gasteiger partial charge on any atom is -0.508 e. The van der Waals surface area contributed by atoms with Gasteiger partial charge < -0.3 is 15.9 Å². The van der Waals surface area contributed by atoms with E-state index in [1.165, 1.54) is 19.3 Å². The molecule has 2 rings (SSSR count). The number of benzene rings is 1. The summed E-state index contributed by atoms with van der Waals surface area (Å²) in [5, 5.41) is 18.9. The number of carboxylic acid groups (broad SMARTS) is 1. The zero-order valence-electron chi connectivity index (χ0n) is 16.4. The second-order valence-electron chi connectivity index (χ2n) is 8.06. The number of amides is 1. The van der Waals surface area contributed by atoms with Gasteiger partial charge in [-0.3, -0.25) is 9.59 Å². The van der Waals surface area contributed by atoms with Crippen molar-refractivity contribution in [3.8, 4) is 5.75 Å². The predicted octanol–water partition coefficient (Wildman–Crippen LogP) is 4.32. The van der Waals surface area contributed by atoms with Crippen LogP contribution in [0.5, 0.6) is 5.75 Å². The minimum absolute atomic E-state index is 0.102. The molecule has 0 heterocycles. The van der Waals surface area contributed by atoms with Gasteiger partial charge in [-0.15, -0.1) is 0 Å². The number of primary amides is 1. The average Bonchev–Trinajstić information content (AvgIpc) is 2.57. The molecule has 1 unspecified atom stereocenters. The molecule has 1 aromatic rings. The molecule has 0 saturated heterocycles. The average molecular weight is 363 g/mol. The molecule has 1 fully saturated rings. The lowest BCUT2D eigenvalue weighted by atomic mass is 9.83. The van der Waals surface area contributed by atoms with Crippen molar-refractivity contribution in [1.82, 2.24) is 0 Å². The third kappa shape index (κ3) is 6.36. The zero-order chi connectivity index (χ0) is 19.9. The standard InChI is InChI=1S/C14H20O3.C7H13NO/c1-5-10(13(16)17)9-6-7-12(15)11(8-9)14(2,3)4;8-7(9)6-4-2-1-3-5-6/h6-8,10,15H,5H2,1-4H3,(H,16,17);6H,1-5H2,(H2,8,9). The van der Waals surface area contributed by atoms with Gasteiger partial charge in [-0.25, -0.2) is 0 Å². The van der Waals surface area contributed by atoms with Crippen LogP contribution in [0.25, 0.3) is 0 Å². The predicted molar refractivity (Wildman–Crippen MR) is 103 cm³/mol. The summed E-state index contributed by atoms with van der Waals surface area (Å²) in [6.45, 7) is 7.83. The van der Waals surface area contributed by atoms with Crippen molar-refractivity contribution in [2.75, 3.05) is 0 Å². The Bertz CT molecular complexity index is 613. The molecule has 1 aromatic carbocycles. The van der Waals surface area contributed by atoms with Crippen molar-refractivity contribution in [2.24, 2.45) is 11.7 Å². The molecule has 1 aliphatic rings. The van der Waals surface area contributed by atoms with Gasteiger partial charge in [0, 0.05) is 5.92 Å². The van der Waals surface area contributed by atoms with Crippen molar-refractivity contribution in [3.63, 3.8) is 0 Å². The normalized spacial score (nSPS) is 16.3. The molecular formula is C21H33NO4. The number of aromatic hydroxyl groups is 1. The summed E-state index contributed by atoms with van der Waals surface area (Å²) >= 11 is 0. The summed E-state index contributed by atoms with van der Waals surface area (Å²) < 4.78 is 0. The van der Waals surface area contributed by atoms with E-state index < -0.39 is 11.9 Å². The molecule has 0 bridgehead atoms. The fourth-order valence-electron chi connectivity index (χ4n) is 3.31. The van der Waals surface area contributed by atoms with Crippen LogP contribution in [0, 0.1) is 5.92 Å². The Balaban J connectivity index is 0.000000314. The second kappa shape index (κ2) is 9.60. The molecule has 0 aromatic heterocycles. The first kappa shape index (κ1) is 22.0. The molecule has 1 amide bonds. The van der Waals surface area contributed by atoms with Gasteiger partial charge in [0.05, 0.1) is 5.92 Å². The van der Waals surface area contributed by atoms with Crippen LogP contribution in [0.15, 0.2) is 18.2 Å². The minimum atomic E-state index is -0.821. The van der Waals surface area contributed by atoms with Gasteiger partial charge in [-0.05, 0) is 41.9 Å². The van der Waals surface area contributed by atoms with E-state index in [1.54, 1.807) is 18.2 Å². The van der Waals surface area contributed by atoms with Gasteiger partial charge in [-0.2, -0.15) is 0 Å². The maximum absolute atomic E-state index is 11.1. The first-order chi connectivity index (χ1) is 12.1. The molecule has 1 aliphatic carbocycles. The van der Waals surface area contributed by atoms with E-state index >= 15 is 0 Å². The Kier molecular flexibility index (Phi) is 8.12. The molecule has 1 atom stereocenters. The highest BCUT2D eigenvalue weighted by atomic mass is 16.4. The second-order valence-corrected chi connectivity index (χ2v) is 8.06. The summed E-state index contributed by atoms with van der Waals surface area (Å²) in [4.78, 5) is 21.7. The van der Waals surface area contributed by atoms with E-state index in [4.69, 9.17) is 10.8 Å². The van der Waals surface area contributed by atoms with Gasteiger partial charge in [0.1, 0.15) is 5.75 Å². The Morgan fingerprint density at radius 2 is 1.77 bits per heavy atom. The number of hydrogen-bond donors (Lipinski definition) is 3. The van der Waals surface area contributed by atoms with Crippen LogP contribution in [0.4, 0.5) is 0 Å². The number of hydrogen-bond acceptors (Lipinski definition) is 3. The van der Waals surface area contributed by atoms with Crippen molar-refractivity contribution in [3.05, 3.63) is 29.3 Å². The van der Waals surface area contributed by atoms with Crippen LogP contribution >= 0.6 is 0 Å². The number of carbonyl (C=O) groups excluding carboxylic acids is 1. The fraction of sp³-hybridized carbons (Fsp3) is 0.619. The van der Waals surface area contributed by atoms with Crippen molar-refractivity contribution in [2.45, 2.75) is 77.6 Å². The number of phenols is 1. The van der Waals surface area contributed by atoms with Crippen LogP contribution in [-0.4, -0.2) is 22.1 Å². The molecular weight excluding hydrogens is 330 g/mol. The molecule has 4 N–H and O–H groups in total. The van der Waals surface area contributed by atoms with Crippen LogP contribution < -0.4 is 5.73 Å². The van der Waals surface area contributed by atoms with Gasteiger partial charge >= 0.3 is 5.97 Å². The number of carboxylic acids is 1. The highest BCUT2D eigenvalue weighted by molar-refractivity contribution is 5.76. The SMILES string of the molecule is CCC(C(=O)O)c1ccc(O)c(C(C)(C)C)c1.NC(=O)C1CCCCC1. The first-order valence-electron chi connectivity index (χ1n) is 9.43. The van der Waals surface area contributed by atoms with E-state index in [0.29, 0.717) is 6.42 Å². The van der Waals surface area contributed by atoms with Crippen molar-refractivity contribution < 1.29 is 19.8 Å². The lowest BCUT2D eigenvalue weighted by Gasteiger charge is -2.22. The smallest absolute Gasteiger partial charge is 0.310 e. The molecule has 1 saturated carbocycles. The highest BCUT2D eigenvalue weighted by Crippen LogP contribution is 2.33. The van der Waals surface area contributed by atoms with E-state index in [1.807, 2.05) is 27.7 Å². The van der Waals surface area contributed by atoms with E-state index in [2.05, 4.69) is 0 Å². The molecule has 0 aliphatic heterocycles. The summed E-state index contributed by atoms with van der Waals surface area (Å²) in [7, 11) is 0. The molecule has 5 heteroatoms. The topological polar surface area (TPSA) is 101 Å². The monoisotopic (exact) mass is 363 g/mol. The van der Waals surface area contributed by atoms with E-state index in [0.717, 1.165) is 24.0 Å². The quantitative estimate of drug-likeness (QED) is 0.741. The van der Waals surface area contributed by atoms with Crippen LogP contribution in [0.1, 0.15) is 83.3 Å². The van der Waals surface area contributed by atoms with Gasteiger partial charge in [-0.1, -0.05) is 59.1 Å². The van der Waals surface area contributed by atoms with E-state index in [9.17, 15) is 14.7 Å². The molecule has 146 valence electrons. The maximum Gasteiger partial charge on any atom is 0.310 e. The highest BCUT2D eigenvalue weighted by Gasteiger charge is 2.23. The third-order valence-electron chi connectivity index (χ3n) is 4.94. The summed E-state index contributed by atoms with van der Waals surface area (Å²) in [5.41, 5.74) is 6.47. The van der Waals surface area contributed by atoms with Crippen LogP contribution in [0.2, 0.25) is 0 Å². The zero-order valence-corrected chi connectivity index (χ0v) is 16.4. The van der Waals surface area contributed by atoms with Gasteiger partial charge in [0.2, 0.25) is 5.91 Å². The maximum atomic E-state index is 11.1. The van der Waals surface area contributed by atoms with Crippen molar-refractivity contribution in [1.29, 1.82) is 0 Å². The summed E-state index contributed by atoms with van der Waals surface area (Å²) in [6.07, 6.45) is 6.25. The molecule has 26 heavy (non-hydrogen) atoms. The van der Waals surface area contributed by atoms with Gasteiger partial charge in [0.15, 0.2) is 0 Å². The number of rotatable bonds is 4. The molecule has 0 radical (unpaired) electrons.